The van der Waals surface area contributed by atoms with E-state index in [1.165, 1.54) is 0 Å². The molecule has 1 unspecified atom stereocenters. The van der Waals surface area contributed by atoms with Gasteiger partial charge in [-0.15, -0.1) is 0 Å². The van der Waals surface area contributed by atoms with Crippen LogP contribution in [0.5, 0.6) is 0 Å². The Bertz CT molecular complexity index is 462. The maximum Gasteiger partial charge on any atom is 0.227 e. The molecule has 1 aromatic carbocycles. The standard InChI is InChI=1S/C14H20N2O3/c1-10-4-5-11(15-8-12(18)9-17)7-13(10)16-6-2-3-14(16)19/h4-5,7,12,15,17-18H,2-3,6,8-9H2,1H3. The fraction of sp³-hybridized carbons (Fsp3) is 0.500. The van der Waals surface area contributed by atoms with Gasteiger partial charge in [0, 0.05) is 30.9 Å². The van der Waals surface area contributed by atoms with E-state index in [0.29, 0.717) is 6.42 Å². The summed E-state index contributed by atoms with van der Waals surface area (Å²) >= 11 is 0. The zero-order chi connectivity index (χ0) is 13.8. The lowest BCUT2D eigenvalue weighted by Crippen LogP contribution is -2.25. The van der Waals surface area contributed by atoms with Crippen LogP contribution >= 0.6 is 0 Å². The van der Waals surface area contributed by atoms with Crippen molar-refractivity contribution in [2.45, 2.75) is 25.9 Å². The molecule has 2 rings (SSSR count). The number of aryl methyl sites for hydroxylation is 1. The third kappa shape index (κ3) is 3.24. The number of carbonyl (C=O) groups excluding carboxylic acids is 1. The average Bonchev–Trinajstić information content (AvgIpc) is 2.83. The second kappa shape index (κ2) is 6.04. The molecule has 0 saturated carbocycles. The van der Waals surface area contributed by atoms with Crippen molar-refractivity contribution in [2.24, 2.45) is 0 Å². The van der Waals surface area contributed by atoms with Gasteiger partial charge in [0.1, 0.15) is 0 Å². The van der Waals surface area contributed by atoms with Gasteiger partial charge in [-0.2, -0.15) is 0 Å². The van der Waals surface area contributed by atoms with Gasteiger partial charge in [-0.3, -0.25) is 4.79 Å². The fourth-order valence-electron chi connectivity index (χ4n) is 2.21. The van der Waals surface area contributed by atoms with Gasteiger partial charge < -0.3 is 20.4 Å². The maximum atomic E-state index is 11.8. The molecular formula is C14H20N2O3. The predicted octanol–water partition coefficient (Wildman–Crippen LogP) is 0.887. The number of aliphatic hydroxyl groups is 2. The zero-order valence-electron chi connectivity index (χ0n) is 11.1. The Balaban J connectivity index is 2.13. The van der Waals surface area contributed by atoms with Crippen molar-refractivity contribution in [1.82, 2.24) is 0 Å². The summed E-state index contributed by atoms with van der Waals surface area (Å²) in [7, 11) is 0. The molecule has 1 fully saturated rings. The van der Waals surface area contributed by atoms with E-state index in [2.05, 4.69) is 5.32 Å². The maximum absolute atomic E-state index is 11.8. The van der Waals surface area contributed by atoms with Crippen LogP contribution in [-0.4, -0.2) is 41.9 Å². The van der Waals surface area contributed by atoms with Gasteiger partial charge in [0.25, 0.3) is 0 Å². The predicted molar refractivity (Wildman–Crippen MR) is 74.3 cm³/mol. The van der Waals surface area contributed by atoms with Crippen molar-refractivity contribution in [3.63, 3.8) is 0 Å². The molecule has 1 aliphatic rings. The number of carbonyl (C=O) groups is 1. The largest absolute Gasteiger partial charge is 0.394 e. The highest BCUT2D eigenvalue weighted by Gasteiger charge is 2.23. The lowest BCUT2D eigenvalue weighted by molar-refractivity contribution is -0.117. The summed E-state index contributed by atoms with van der Waals surface area (Å²) in [6.45, 7) is 2.76. The minimum absolute atomic E-state index is 0.163. The molecule has 5 nitrogen and oxygen atoms in total. The number of nitrogens with one attached hydrogen (secondary N) is 1. The van der Waals surface area contributed by atoms with Crippen molar-refractivity contribution in [1.29, 1.82) is 0 Å². The Labute approximate surface area is 112 Å². The van der Waals surface area contributed by atoms with Crippen molar-refractivity contribution in [3.05, 3.63) is 23.8 Å². The van der Waals surface area contributed by atoms with Crippen LogP contribution in [0.4, 0.5) is 11.4 Å². The Hall–Kier alpha value is -1.59. The summed E-state index contributed by atoms with van der Waals surface area (Å²) in [5, 5.41) is 21.1. The first kappa shape index (κ1) is 13.8. The van der Waals surface area contributed by atoms with Crippen LogP contribution in [0, 0.1) is 6.92 Å². The number of hydrogen-bond acceptors (Lipinski definition) is 4. The van der Waals surface area contributed by atoms with Crippen molar-refractivity contribution >= 4 is 17.3 Å². The molecule has 5 heteroatoms. The van der Waals surface area contributed by atoms with Gasteiger partial charge in [-0.1, -0.05) is 6.07 Å². The highest BCUT2D eigenvalue weighted by atomic mass is 16.3. The number of aliphatic hydroxyl groups excluding tert-OH is 2. The normalized spacial score (nSPS) is 16.8. The second-order valence-corrected chi connectivity index (χ2v) is 4.87. The van der Waals surface area contributed by atoms with E-state index in [4.69, 9.17) is 5.11 Å². The SMILES string of the molecule is Cc1ccc(NCC(O)CO)cc1N1CCCC1=O. The third-order valence-electron chi connectivity index (χ3n) is 3.33. The average molecular weight is 264 g/mol. The molecule has 0 aromatic heterocycles. The first-order valence-electron chi connectivity index (χ1n) is 6.55. The highest BCUT2D eigenvalue weighted by molar-refractivity contribution is 5.96. The monoisotopic (exact) mass is 264 g/mol. The Morgan fingerprint density at radius 2 is 2.26 bits per heavy atom. The van der Waals surface area contributed by atoms with Crippen LogP contribution in [0.2, 0.25) is 0 Å². The molecule has 104 valence electrons. The highest BCUT2D eigenvalue weighted by Crippen LogP contribution is 2.28. The second-order valence-electron chi connectivity index (χ2n) is 4.87. The lowest BCUT2D eigenvalue weighted by Gasteiger charge is -2.20. The molecule has 1 aromatic rings. The molecule has 19 heavy (non-hydrogen) atoms. The fourth-order valence-corrected chi connectivity index (χ4v) is 2.21. The van der Waals surface area contributed by atoms with Gasteiger partial charge in [0.15, 0.2) is 0 Å². The van der Waals surface area contributed by atoms with E-state index >= 15 is 0 Å². The molecule has 0 radical (unpaired) electrons. The van der Waals surface area contributed by atoms with E-state index in [1.54, 1.807) is 0 Å². The summed E-state index contributed by atoms with van der Waals surface area (Å²) < 4.78 is 0. The summed E-state index contributed by atoms with van der Waals surface area (Å²) in [5.74, 6) is 0.163. The summed E-state index contributed by atoms with van der Waals surface area (Å²) in [5.41, 5.74) is 2.82. The number of benzene rings is 1. The van der Waals surface area contributed by atoms with Gasteiger partial charge >= 0.3 is 0 Å². The van der Waals surface area contributed by atoms with Crippen LogP contribution in [0.3, 0.4) is 0 Å². The number of nitrogens with zero attached hydrogens (tertiary/aromatic N) is 1. The van der Waals surface area contributed by atoms with Gasteiger partial charge in [-0.05, 0) is 31.0 Å². The van der Waals surface area contributed by atoms with Crippen LogP contribution in [-0.2, 0) is 4.79 Å². The number of anilines is 2. The summed E-state index contributed by atoms with van der Waals surface area (Å²) in [4.78, 5) is 13.6. The van der Waals surface area contributed by atoms with Crippen LogP contribution in [0.1, 0.15) is 18.4 Å². The van der Waals surface area contributed by atoms with Crippen molar-refractivity contribution in [2.75, 3.05) is 29.9 Å². The zero-order valence-corrected chi connectivity index (χ0v) is 11.1. The van der Waals surface area contributed by atoms with Gasteiger partial charge in [0.05, 0.1) is 12.7 Å². The first-order valence-corrected chi connectivity index (χ1v) is 6.55. The molecule has 1 aliphatic heterocycles. The quantitative estimate of drug-likeness (QED) is 0.738. The molecule has 0 spiro atoms. The number of hydrogen-bond donors (Lipinski definition) is 3. The summed E-state index contributed by atoms with van der Waals surface area (Å²) in [6, 6.07) is 5.78. The third-order valence-corrected chi connectivity index (χ3v) is 3.33. The molecular weight excluding hydrogens is 244 g/mol. The molecule has 0 bridgehead atoms. The Morgan fingerprint density at radius 3 is 2.89 bits per heavy atom. The van der Waals surface area contributed by atoms with Crippen molar-refractivity contribution in [3.8, 4) is 0 Å². The molecule has 1 heterocycles. The smallest absolute Gasteiger partial charge is 0.227 e. The minimum Gasteiger partial charge on any atom is -0.394 e. The number of rotatable bonds is 5. The summed E-state index contributed by atoms with van der Waals surface area (Å²) in [6.07, 6.45) is 0.734. The minimum atomic E-state index is -0.779. The van der Waals surface area contributed by atoms with Crippen LogP contribution in [0.25, 0.3) is 0 Å². The van der Waals surface area contributed by atoms with Gasteiger partial charge in [-0.25, -0.2) is 0 Å². The molecule has 3 N–H and O–H groups in total. The van der Waals surface area contributed by atoms with Crippen LogP contribution < -0.4 is 10.2 Å². The van der Waals surface area contributed by atoms with E-state index in [0.717, 1.165) is 29.9 Å². The number of amides is 1. The topological polar surface area (TPSA) is 72.8 Å². The molecule has 1 atom stereocenters. The van der Waals surface area contributed by atoms with E-state index in [-0.39, 0.29) is 19.1 Å². The van der Waals surface area contributed by atoms with E-state index < -0.39 is 6.10 Å². The van der Waals surface area contributed by atoms with Crippen LogP contribution in [0.15, 0.2) is 18.2 Å². The lowest BCUT2D eigenvalue weighted by atomic mass is 10.1. The first-order chi connectivity index (χ1) is 9.11. The van der Waals surface area contributed by atoms with E-state index in [1.807, 2.05) is 30.0 Å². The molecule has 1 saturated heterocycles. The van der Waals surface area contributed by atoms with E-state index in [9.17, 15) is 9.90 Å². The molecule has 0 aliphatic carbocycles. The van der Waals surface area contributed by atoms with Crippen molar-refractivity contribution < 1.29 is 15.0 Å². The Morgan fingerprint density at radius 1 is 1.47 bits per heavy atom. The van der Waals surface area contributed by atoms with Gasteiger partial charge in [0.2, 0.25) is 5.91 Å². The molecule has 1 amide bonds. The Kier molecular flexibility index (Phi) is 4.39.